The number of carbonyl (C=O) groups excluding carboxylic acids is 1. The number of allylic oxidation sites excluding steroid dienone is 2. The highest BCUT2D eigenvalue weighted by Gasteiger charge is 1.97. The van der Waals surface area contributed by atoms with Gasteiger partial charge in [0, 0.05) is 30.4 Å². The maximum Gasteiger partial charge on any atom is 0.288 e. The van der Waals surface area contributed by atoms with Crippen LogP contribution in [-0.2, 0) is 4.79 Å². The lowest BCUT2D eigenvalue weighted by Gasteiger charge is -1.97. The van der Waals surface area contributed by atoms with Crippen LogP contribution in [0.25, 0.3) is 0 Å². The molecule has 1 aliphatic rings. The number of aliphatic imine (C=N–C) groups is 4. The summed E-state index contributed by atoms with van der Waals surface area (Å²) in [5.74, 6) is -0.422. The van der Waals surface area contributed by atoms with Gasteiger partial charge in [-0.2, -0.15) is 0 Å². The van der Waals surface area contributed by atoms with Crippen LogP contribution in [0.4, 0.5) is 5.69 Å². The molecule has 0 radical (unpaired) electrons. The Bertz CT molecular complexity index is 667. The summed E-state index contributed by atoms with van der Waals surface area (Å²) in [5.41, 5.74) is 1.50. The topological polar surface area (TPSA) is 66.5 Å². The van der Waals surface area contributed by atoms with Crippen LogP contribution in [0.1, 0.15) is 5.56 Å². The van der Waals surface area contributed by atoms with Crippen molar-refractivity contribution in [1.82, 2.24) is 0 Å². The third kappa shape index (κ3) is 5.28. The van der Waals surface area contributed by atoms with E-state index >= 15 is 0 Å². The average molecular weight is 278 g/mol. The molecule has 1 heterocycles. The molecule has 0 saturated heterocycles. The first kappa shape index (κ1) is 14.5. The molecule has 0 fully saturated rings. The first-order valence-electron chi connectivity index (χ1n) is 6.40. The summed E-state index contributed by atoms with van der Waals surface area (Å²) in [5, 5.41) is 0. The number of amides is 1. The Labute approximate surface area is 122 Å². The van der Waals surface area contributed by atoms with E-state index in [0.717, 1.165) is 17.5 Å². The summed E-state index contributed by atoms with van der Waals surface area (Å²) in [6.07, 6.45) is 12.9. The number of hydrogen-bond donors (Lipinski definition) is 0. The molecule has 1 aliphatic heterocycles. The molecule has 5 nitrogen and oxygen atoms in total. The predicted molar refractivity (Wildman–Crippen MR) is 87.3 cm³/mol. The van der Waals surface area contributed by atoms with Gasteiger partial charge in [0.1, 0.15) is 0 Å². The molecule has 104 valence electrons. The number of hydrogen-bond acceptors (Lipinski definition) is 4. The van der Waals surface area contributed by atoms with Gasteiger partial charge >= 0.3 is 0 Å². The van der Waals surface area contributed by atoms with Gasteiger partial charge < -0.3 is 0 Å². The van der Waals surface area contributed by atoms with Crippen LogP contribution >= 0.6 is 0 Å². The SMILES string of the molecule is O=C1C=NC=CCN=CC=CC=Nc2ccccc2C=N1. The molecular formula is C16H14N4O. The van der Waals surface area contributed by atoms with Gasteiger partial charge in [-0.3, -0.25) is 19.8 Å². The molecule has 0 atom stereocenters. The zero-order valence-electron chi connectivity index (χ0n) is 11.3. The molecule has 1 aromatic rings. The van der Waals surface area contributed by atoms with Crippen molar-refractivity contribution in [3.8, 4) is 0 Å². The maximum absolute atomic E-state index is 11.5. The summed E-state index contributed by atoms with van der Waals surface area (Å²) in [4.78, 5) is 27.6. The molecule has 0 aromatic heterocycles. The van der Waals surface area contributed by atoms with E-state index in [1.54, 1.807) is 30.7 Å². The van der Waals surface area contributed by atoms with E-state index in [1.165, 1.54) is 12.4 Å². The monoisotopic (exact) mass is 278 g/mol. The fraction of sp³-hybridized carbons (Fsp3) is 0.0625. The molecule has 1 aromatic carbocycles. The summed E-state index contributed by atoms with van der Waals surface area (Å²) < 4.78 is 0. The summed E-state index contributed by atoms with van der Waals surface area (Å²) in [6, 6.07) is 7.43. The second-order valence-corrected chi connectivity index (χ2v) is 4.00. The quantitative estimate of drug-likeness (QED) is 0.719. The molecular weight excluding hydrogens is 264 g/mol. The van der Waals surface area contributed by atoms with Crippen molar-refractivity contribution in [2.24, 2.45) is 20.0 Å². The molecule has 0 aliphatic carbocycles. The highest BCUT2D eigenvalue weighted by Crippen LogP contribution is 2.16. The molecule has 2 rings (SSSR count). The second-order valence-electron chi connectivity index (χ2n) is 4.00. The summed E-state index contributed by atoms with van der Waals surface area (Å²) in [7, 11) is 0. The third-order valence-corrected chi connectivity index (χ3v) is 2.46. The molecule has 0 N–H and O–H groups in total. The van der Waals surface area contributed by atoms with Crippen molar-refractivity contribution >= 4 is 36.5 Å². The fourth-order valence-corrected chi connectivity index (χ4v) is 1.50. The zero-order chi connectivity index (χ0) is 14.8. The van der Waals surface area contributed by atoms with Gasteiger partial charge in [-0.25, -0.2) is 4.99 Å². The smallest absolute Gasteiger partial charge is 0.288 e. The molecule has 0 saturated carbocycles. The van der Waals surface area contributed by atoms with Gasteiger partial charge in [0.15, 0.2) is 0 Å². The van der Waals surface area contributed by atoms with E-state index in [4.69, 9.17) is 0 Å². The number of benzene rings is 1. The van der Waals surface area contributed by atoms with Crippen LogP contribution in [0.2, 0.25) is 0 Å². The lowest BCUT2D eigenvalue weighted by molar-refractivity contribution is -0.111. The molecule has 0 bridgehead atoms. The Morgan fingerprint density at radius 2 is 1.81 bits per heavy atom. The minimum Gasteiger partial charge on any atom is -0.289 e. The first-order valence-corrected chi connectivity index (χ1v) is 6.40. The second kappa shape index (κ2) is 8.27. The Hall–Kier alpha value is -2.95. The van der Waals surface area contributed by atoms with Crippen molar-refractivity contribution in [1.29, 1.82) is 0 Å². The van der Waals surface area contributed by atoms with Crippen molar-refractivity contribution in [3.63, 3.8) is 0 Å². The molecule has 5 heteroatoms. The number of carbonyl (C=O) groups is 1. The molecule has 0 unspecified atom stereocenters. The minimum absolute atomic E-state index is 0.422. The minimum atomic E-state index is -0.422. The number of nitrogens with zero attached hydrogens (tertiary/aromatic N) is 4. The number of fused-ring (bicyclic) bond motifs is 1. The van der Waals surface area contributed by atoms with Gasteiger partial charge in [-0.15, -0.1) is 0 Å². The van der Waals surface area contributed by atoms with Crippen LogP contribution < -0.4 is 0 Å². The summed E-state index contributed by atoms with van der Waals surface area (Å²) >= 11 is 0. The van der Waals surface area contributed by atoms with Crippen LogP contribution in [0, 0.1) is 0 Å². The standard InChI is InChI=1S/C16H14N4O/c21-16-13-18-10-5-9-17-8-3-4-11-19-15-7-2-1-6-14(15)12-20-16/h1-8,10-13H,9H2. The van der Waals surface area contributed by atoms with Crippen LogP contribution in [-0.4, -0.2) is 37.3 Å². The lowest BCUT2D eigenvalue weighted by Crippen LogP contribution is -1.95. The zero-order valence-corrected chi connectivity index (χ0v) is 11.3. The number of rotatable bonds is 0. The molecule has 1 amide bonds. The van der Waals surface area contributed by atoms with Crippen molar-refractivity contribution in [2.75, 3.05) is 6.54 Å². The van der Waals surface area contributed by atoms with E-state index in [0.29, 0.717) is 6.54 Å². The largest absolute Gasteiger partial charge is 0.289 e. The fourth-order valence-electron chi connectivity index (χ4n) is 1.50. The van der Waals surface area contributed by atoms with Gasteiger partial charge in [0.05, 0.1) is 18.4 Å². The third-order valence-electron chi connectivity index (χ3n) is 2.46. The Morgan fingerprint density at radius 1 is 0.952 bits per heavy atom. The van der Waals surface area contributed by atoms with E-state index in [1.807, 2.05) is 24.3 Å². The predicted octanol–water partition coefficient (Wildman–Crippen LogP) is 2.56. The maximum atomic E-state index is 11.5. The van der Waals surface area contributed by atoms with Gasteiger partial charge in [-0.1, -0.05) is 18.2 Å². The van der Waals surface area contributed by atoms with Crippen molar-refractivity contribution in [3.05, 3.63) is 54.3 Å². The van der Waals surface area contributed by atoms with E-state index in [-0.39, 0.29) is 0 Å². The Morgan fingerprint density at radius 3 is 2.76 bits per heavy atom. The van der Waals surface area contributed by atoms with Crippen LogP contribution in [0.5, 0.6) is 0 Å². The Balaban J connectivity index is 2.30. The molecule has 0 spiro atoms. The van der Waals surface area contributed by atoms with Crippen molar-refractivity contribution in [2.45, 2.75) is 0 Å². The van der Waals surface area contributed by atoms with Crippen LogP contribution in [0.15, 0.2) is 68.7 Å². The summed E-state index contributed by atoms with van der Waals surface area (Å²) in [6.45, 7) is 0.499. The number of para-hydroxylation sites is 1. The van der Waals surface area contributed by atoms with Gasteiger partial charge in [-0.05, 0) is 24.3 Å². The average Bonchev–Trinajstić information content (AvgIpc) is 2.50. The van der Waals surface area contributed by atoms with Gasteiger partial charge in [0.25, 0.3) is 5.91 Å². The highest BCUT2D eigenvalue weighted by atomic mass is 16.1. The lowest BCUT2D eigenvalue weighted by atomic mass is 10.2. The normalized spacial score (nSPS) is 15.3. The first-order chi connectivity index (χ1) is 10.4. The Kier molecular flexibility index (Phi) is 5.69. The van der Waals surface area contributed by atoms with E-state index in [2.05, 4.69) is 20.0 Å². The van der Waals surface area contributed by atoms with Gasteiger partial charge in [0.2, 0.25) is 0 Å². The van der Waals surface area contributed by atoms with E-state index < -0.39 is 5.91 Å². The van der Waals surface area contributed by atoms with Crippen molar-refractivity contribution < 1.29 is 4.79 Å². The highest BCUT2D eigenvalue weighted by molar-refractivity contribution is 6.28. The van der Waals surface area contributed by atoms with E-state index in [9.17, 15) is 4.79 Å². The molecule has 21 heavy (non-hydrogen) atoms. The van der Waals surface area contributed by atoms with Crippen LogP contribution in [0.3, 0.4) is 0 Å².